The molecule has 1 fully saturated rings. The Morgan fingerprint density at radius 3 is 2.68 bits per heavy atom. The molecule has 2 aliphatic rings. The van der Waals surface area contributed by atoms with Crippen molar-refractivity contribution in [2.24, 2.45) is 10.2 Å². The average Bonchev–Trinajstić information content (AvgIpc) is 3.36. The van der Waals surface area contributed by atoms with Crippen molar-refractivity contribution in [2.45, 2.75) is 6.54 Å². The Kier molecular flexibility index (Phi) is 5.27. The van der Waals surface area contributed by atoms with E-state index in [1.165, 1.54) is 5.56 Å². The molecule has 5 rings (SSSR count). The number of nitrogens with one attached hydrogen (secondary N) is 1. The number of H-pyrrole nitrogens is 1. The number of aromatic hydroxyl groups is 1. The molecule has 2 aliphatic heterocycles. The van der Waals surface area contributed by atoms with Gasteiger partial charge in [0.25, 0.3) is 5.91 Å². The first kappa shape index (κ1) is 19.5. The van der Waals surface area contributed by atoms with Gasteiger partial charge in [-0.15, -0.1) is 10.2 Å². The Morgan fingerprint density at radius 1 is 1.03 bits per heavy atom. The number of fused-ring (bicyclic) bond motifs is 2. The van der Waals surface area contributed by atoms with Crippen LogP contribution in [0.3, 0.4) is 0 Å². The fraction of sp³-hybridized carbons (Fsp3) is 0.318. The molecule has 1 aromatic heterocycles. The van der Waals surface area contributed by atoms with Crippen molar-refractivity contribution in [3.8, 4) is 17.4 Å². The van der Waals surface area contributed by atoms with Crippen LogP contribution < -0.4 is 9.47 Å². The minimum absolute atomic E-state index is 0.0881. The normalized spacial score (nSPS) is 17.0. The van der Waals surface area contributed by atoms with E-state index in [1.54, 1.807) is 0 Å². The Morgan fingerprint density at radius 2 is 1.81 bits per heavy atom. The number of benzene rings is 2. The van der Waals surface area contributed by atoms with Crippen molar-refractivity contribution in [3.05, 3.63) is 48.0 Å². The summed E-state index contributed by atoms with van der Waals surface area (Å²) in [5.41, 5.74) is 2.22. The SMILES string of the molecule is O=C(CN1CCN(Cc2ccc3c(c2)OCO3)CC1)N=Nc1c(O)[nH]c2ccccc12. The number of hydrogen-bond donors (Lipinski definition) is 2. The van der Waals surface area contributed by atoms with E-state index in [0.29, 0.717) is 0 Å². The first-order chi connectivity index (χ1) is 15.2. The minimum atomic E-state index is -0.325. The zero-order chi connectivity index (χ0) is 21.2. The standard InChI is InChI=1S/C22H23N5O4/c28-20(24-25-21-16-3-1-2-4-17(16)23-22(21)29)13-27-9-7-26(8-10-27)12-15-5-6-18-19(11-15)31-14-30-18/h1-6,11,23,29H,7-10,12-14H2. The van der Waals surface area contributed by atoms with E-state index in [0.717, 1.165) is 55.1 Å². The molecule has 0 bridgehead atoms. The van der Waals surface area contributed by atoms with Gasteiger partial charge in [-0.1, -0.05) is 24.3 Å². The summed E-state index contributed by atoms with van der Waals surface area (Å²) in [6.45, 7) is 4.61. The van der Waals surface area contributed by atoms with Crippen LogP contribution >= 0.6 is 0 Å². The molecule has 0 spiro atoms. The highest BCUT2D eigenvalue weighted by atomic mass is 16.7. The van der Waals surface area contributed by atoms with E-state index in [9.17, 15) is 9.90 Å². The van der Waals surface area contributed by atoms with Gasteiger partial charge in [-0.25, -0.2) is 0 Å². The zero-order valence-corrected chi connectivity index (χ0v) is 17.0. The zero-order valence-electron chi connectivity index (χ0n) is 17.0. The number of carbonyl (C=O) groups excluding carboxylic acids is 1. The predicted molar refractivity (Wildman–Crippen MR) is 114 cm³/mol. The number of aromatic amines is 1. The number of rotatable bonds is 5. The molecule has 2 N–H and O–H groups in total. The van der Waals surface area contributed by atoms with E-state index in [1.807, 2.05) is 36.4 Å². The second kappa shape index (κ2) is 8.37. The van der Waals surface area contributed by atoms with Crippen molar-refractivity contribution >= 4 is 22.5 Å². The molecule has 0 saturated carbocycles. The van der Waals surface area contributed by atoms with Crippen molar-refractivity contribution in [3.63, 3.8) is 0 Å². The number of nitrogens with zero attached hydrogens (tertiary/aromatic N) is 4. The molecule has 160 valence electrons. The molecule has 2 aromatic carbocycles. The first-order valence-electron chi connectivity index (χ1n) is 10.2. The van der Waals surface area contributed by atoms with Gasteiger partial charge in [0.1, 0.15) is 0 Å². The number of ether oxygens (including phenoxy) is 2. The topological polar surface area (TPSA) is 103 Å². The quantitative estimate of drug-likeness (QED) is 0.614. The molecular formula is C22H23N5O4. The lowest BCUT2D eigenvalue weighted by molar-refractivity contribution is -0.119. The highest BCUT2D eigenvalue weighted by Crippen LogP contribution is 2.35. The highest BCUT2D eigenvalue weighted by molar-refractivity contribution is 5.94. The lowest BCUT2D eigenvalue weighted by Gasteiger charge is -2.33. The fourth-order valence-corrected chi connectivity index (χ4v) is 3.95. The molecule has 31 heavy (non-hydrogen) atoms. The third-order valence-electron chi connectivity index (χ3n) is 5.59. The van der Waals surface area contributed by atoms with Gasteiger partial charge in [-0.05, 0) is 23.8 Å². The number of para-hydroxylation sites is 1. The van der Waals surface area contributed by atoms with Crippen LogP contribution in [-0.4, -0.2) is 65.3 Å². The summed E-state index contributed by atoms with van der Waals surface area (Å²) in [5, 5.41) is 18.6. The van der Waals surface area contributed by atoms with Crippen LogP contribution in [0.1, 0.15) is 5.56 Å². The summed E-state index contributed by atoms with van der Waals surface area (Å²) >= 11 is 0. The Hall–Kier alpha value is -3.43. The molecule has 0 radical (unpaired) electrons. The molecular weight excluding hydrogens is 398 g/mol. The van der Waals surface area contributed by atoms with E-state index >= 15 is 0 Å². The molecule has 1 amide bonds. The first-order valence-corrected chi connectivity index (χ1v) is 10.2. The molecule has 9 heteroatoms. The van der Waals surface area contributed by atoms with Crippen LogP contribution in [0.25, 0.3) is 10.9 Å². The number of piperazine rings is 1. The maximum atomic E-state index is 12.3. The third kappa shape index (κ3) is 4.23. The molecule has 0 aliphatic carbocycles. The lowest BCUT2D eigenvalue weighted by Crippen LogP contribution is -2.47. The maximum absolute atomic E-state index is 12.3. The Bertz CT molecular complexity index is 1130. The van der Waals surface area contributed by atoms with Gasteiger partial charge in [0.05, 0.1) is 12.1 Å². The summed E-state index contributed by atoms with van der Waals surface area (Å²) < 4.78 is 10.8. The third-order valence-corrected chi connectivity index (χ3v) is 5.59. The van der Waals surface area contributed by atoms with Crippen LogP contribution in [0.15, 0.2) is 52.7 Å². The van der Waals surface area contributed by atoms with Gasteiger partial charge >= 0.3 is 0 Å². The minimum Gasteiger partial charge on any atom is -0.493 e. The lowest BCUT2D eigenvalue weighted by atomic mass is 10.1. The number of amides is 1. The summed E-state index contributed by atoms with van der Waals surface area (Å²) in [6.07, 6.45) is 0. The highest BCUT2D eigenvalue weighted by Gasteiger charge is 2.20. The number of carbonyl (C=O) groups is 1. The summed E-state index contributed by atoms with van der Waals surface area (Å²) in [6, 6.07) is 13.4. The van der Waals surface area contributed by atoms with Gasteiger partial charge in [0.2, 0.25) is 12.7 Å². The van der Waals surface area contributed by atoms with E-state index < -0.39 is 0 Å². The molecule has 3 heterocycles. The molecule has 1 saturated heterocycles. The number of azo groups is 1. The second-order valence-electron chi connectivity index (χ2n) is 7.70. The molecule has 0 atom stereocenters. The van der Waals surface area contributed by atoms with Crippen molar-refractivity contribution < 1.29 is 19.4 Å². The van der Waals surface area contributed by atoms with Gasteiger partial charge in [-0.3, -0.25) is 14.6 Å². The maximum Gasteiger partial charge on any atom is 0.278 e. The van der Waals surface area contributed by atoms with E-state index in [4.69, 9.17) is 9.47 Å². The Labute approximate surface area is 178 Å². The van der Waals surface area contributed by atoms with Gasteiger partial charge < -0.3 is 19.6 Å². The smallest absolute Gasteiger partial charge is 0.278 e. The van der Waals surface area contributed by atoms with Crippen LogP contribution in [-0.2, 0) is 11.3 Å². The molecule has 9 nitrogen and oxygen atoms in total. The monoisotopic (exact) mass is 421 g/mol. The number of hydrogen-bond acceptors (Lipinski definition) is 7. The van der Waals surface area contributed by atoms with E-state index in [-0.39, 0.29) is 30.8 Å². The van der Waals surface area contributed by atoms with Gasteiger partial charge in [0.15, 0.2) is 17.2 Å². The Balaban J connectivity index is 1.13. The predicted octanol–water partition coefficient (Wildman–Crippen LogP) is 3.03. The second-order valence-corrected chi connectivity index (χ2v) is 7.70. The van der Waals surface area contributed by atoms with Gasteiger partial charge in [-0.2, -0.15) is 0 Å². The van der Waals surface area contributed by atoms with Gasteiger partial charge in [0, 0.05) is 38.1 Å². The summed E-state index contributed by atoms with van der Waals surface area (Å²) in [7, 11) is 0. The average molecular weight is 421 g/mol. The van der Waals surface area contributed by atoms with E-state index in [2.05, 4.69) is 31.1 Å². The van der Waals surface area contributed by atoms with Crippen LogP contribution in [0, 0.1) is 0 Å². The van der Waals surface area contributed by atoms with Crippen molar-refractivity contribution in [1.82, 2.24) is 14.8 Å². The summed E-state index contributed by atoms with van der Waals surface area (Å²) in [5.74, 6) is 1.18. The molecule has 3 aromatic rings. The fourth-order valence-electron chi connectivity index (χ4n) is 3.95. The van der Waals surface area contributed by atoms with Crippen LogP contribution in [0.4, 0.5) is 5.69 Å². The number of aromatic nitrogens is 1. The van der Waals surface area contributed by atoms with Crippen LogP contribution in [0.2, 0.25) is 0 Å². The van der Waals surface area contributed by atoms with Crippen molar-refractivity contribution in [2.75, 3.05) is 39.5 Å². The summed E-state index contributed by atoms with van der Waals surface area (Å²) in [4.78, 5) is 19.6. The van der Waals surface area contributed by atoms with Crippen molar-refractivity contribution in [1.29, 1.82) is 0 Å². The molecule has 0 unspecified atom stereocenters. The van der Waals surface area contributed by atoms with Crippen LogP contribution in [0.5, 0.6) is 17.4 Å². The largest absolute Gasteiger partial charge is 0.493 e.